The van der Waals surface area contributed by atoms with Crippen molar-refractivity contribution in [2.24, 2.45) is 0 Å². The molecule has 0 spiro atoms. The minimum absolute atomic E-state index is 0.144. The van der Waals surface area contributed by atoms with Crippen LogP contribution in [0, 0.1) is 0 Å². The number of aromatic nitrogens is 3. The second kappa shape index (κ2) is 5.24. The minimum Gasteiger partial charge on any atom is -0.497 e. The van der Waals surface area contributed by atoms with Crippen molar-refractivity contribution in [3.05, 3.63) is 59.5 Å². The van der Waals surface area contributed by atoms with Gasteiger partial charge in [-0.05, 0) is 29.8 Å². The molecule has 2 heterocycles. The van der Waals surface area contributed by atoms with Crippen LogP contribution in [-0.2, 0) is 6.42 Å². The number of benzene rings is 1. The van der Waals surface area contributed by atoms with E-state index in [0.717, 1.165) is 11.3 Å². The molecule has 0 amide bonds. The molecule has 6 heteroatoms. The van der Waals surface area contributed by atoms with E-state index in [1.165, 1.54) is 10.6 Å². The SMILES string of the molecule is COc1ccc(Cc2nc3c(C(=O)O)cccn3n2)cc1. The van der Waals surface area contributed by atoms with Crippen LogP contribution in [0.2, 0.25) is 0 Å². The van der Waals surface area contributed by atoms with E-state index in [2.05, 4.69) is 10.1 Å². The summed E-state index contributed by atoms with van der Waals surface area (Å²) in [5, 5.41) is 13.4. The Morgan fingerprint density at radius 3 is 2.71 bits per heavy atom. The van der Waals surface area contributed by atoms with Gasteiger partial charge >= 0.3 is 5.97 Å². The van der Waals surface area contributed by atoms with Crippen LogP contribution in [0.4, 0.5) is 0 Å². The number of hydrogen-bond donors (Lipinski definition) is 1. The number of hydrogen-bond acceptors (Lipinski definition) is 4. The zero-order chi connectivity index (χ0) is 14.8. The van der Waals surface area contributed by atoms with Gasteiger partial charge in [-0.15, -0.1) is 0 Å². The number of rotatable bonds is 4. The van der Waals surface area contributed by atoms with Crippen LogP contribution in [-0.4, -0.2) is 32.8 Å². The van der Waals surface area contributed by atoms with Crippen LogP contribution in [0.1, 0.15) is 21.7 Å². The zero-order valence-electron chi connectivity index (χ0n) is 11.4. The molecular weight excluding hydrogens is 270 g/mol. The number of pyridine rings is 1. The lowest BCUT2D eigenvalue weighted by Gasteiger charge is -2.00. The molecule has 0 aliphatic carbocycles. The Morgan fingerprint density at radius 1 is 1.29 bits per heavy atom. The predicted molar refractivity (Wildman–Crippen MR) is 75.7 cm³/mol. The number of fused-ring (bicyclic) bond motifs is 1. The van der Waals surface area contributed by atoms with Gasteiger partial charge in [-0.25, -0.2) is 14.3 Å². The van der Waals surface area contributed by atoms with E-state index in [9.17, 15) is 4.79 Å². The summed E-state index contributed by atoms with van der Waals surface area (Å²) in [4.78, 5) is 15.5. The van der Waals surface area contributed by atoms with Crippen molar-refractivity contribution >= 4 is 11.6 Å². The number of carbonyl (C=O) groups is 1. The van der Waals surface area contributed by atoms with Crippen LogP contribution in [0.25, 0.3) is 5.65 Å². The van der Waals surface area contributed by atoms with Gasteiger partial charge in [-0.2, -0.15) is 5.10 Å². The highest BCUT2D eigenvalue weighted by Crippen LogP contribution is 2.15. The molecule has 0 aliphatic rings. The molecule has 0 unspecified atom stereocenters. The highest BCUT2D eigenvalue weighted by atomic mass is 16.5. The zero-order valence-corrected chi connectivity index (χ0v) is 11.4. The lowest BCUT2D eigenvalue weighted by Crippen LogP contribution is -2.00. The third-order valence-electron chi connectivity index (χ3n) is 3.16. The Hall–Kier alpha value is -2.89. The Morgan fingerprint density at radius 2 is 2.05 bits per heavy atom. The van der Waals surface area contributed by atoms with E-state index in [4.69, 9.17) is 9.84 Å². The third-order valence-corrected chi connectivity index (χ3v) is 3.16. The average Bonchev–Trinajstić information content (AvgIpc) is 2.89. The Bertz CT molecular complexity index is 794. The van der Waals surface area contributed by atoms with E-state index in [0.29, 0.717) is 17.9 Å². The van der Waals surface area contributed by atoms with Gasteiger partial charge < -0.3 is 9.84 Å². The van der Waals surface area contributed by atoms with E-state index < -0.39 is 5.97 Å². The summed E-state index contributed by atoms with van der Waals surface area (Å²) in [6.45, 7) is 0. The van der Waals surface area contributed by atoms with Crippen molar-refractivity contribution < 1.29 is 14.6 Å². The molecule has 3 aromatic rings. The molecular formula is C15H13N3O3. The van der Waals surface area contributed by atoms with Gasteiger partial charge in [0.25, 0.3) is 0 Å². The Balaban J connectivity index is 1.93. The molecule has 0 atom stereocenters. The number of aromatic carboxylic acids is 1. The highest BCUT2D eigenvalue weighted by molar-refractivity contribution is 5.94. The second-order valence-corrected chi connectivity index (χ2v) is 4.55. The summed E-state index contributed by atoms with van der Waals surface area (Å²) in [6.07, 6.45) is 2.22. The highest BCUT2D eigenvalue weighted by Gasteiger charge is 2.13. The molecule has 2 aromatic heterocycles. The summed E-state index contributed by atoms with van der Waals surface area (Å²) in [6, 6.07) is 10.8. The predicted octanol–water partition coefficient (Wildman–Crippen LogP) is 2.03. The van der Waals surface area contributed by atoms with Crippen LogP contribution in [0.15, 0.2) is 42.6 Å². The smallest absolute Gasteiger partial charge is 0.339 e. The van der Waals surface area contributed by atoms with Gasteiger partial charge in [-0.1, -0.05) is 12.1 Å². The maximum absolute atomic E-state index is 11.2. The van der Waals surface area contributed by atoms with Crippen molar-refractivity contribution in [2.45, 2.75) is 6.42 Å². The van der Waals surface area contributed by atoms with E-state index in [-0.39, 0.29) is 5.56 Å². The van der Waals surface area contributed by atoms with Crippen LogP contribution in [0.5, 0.6) is 5.75 Å². The quantitative estimate of drug-likeness (QED) is 0.792. The molecule has 0 bridgehead atoms. The molecule has 0 saturated carbocycles. The summed E-state index contributed by atoms with van der Waals surface area (Å²) < 4.78 is 6.60. The standard InChI is InChI=1S/C15H13N3O3/c1-21-11-6-4-10(5-7-11)9-13-16-14-12(15(19)20)3-2-8-18(14)17-13/h2-8H,9H2,1H3,(H,19,20). The first-order valence-corrected chi connectivity index (χ1v) is 6.38. The van der Waals surface area contributed by atoms with Gasteiger partial charge in [0.15, 0.2) is 11.5 Å². The normalized spacial score (nSPS) is 10.7. The molecule has 0 radical (unpaired) electrons. The molecule has 6 nitrogen and oxygen atoms in total. The lowest BCUT2D eigenvalue weighted by molar-refractivity contribution is 0.0698. The summed E-state index contributed by atoms with van der Waals surface area (Å²) in [5.41, 5.74) is 1.53. The average molecular weight is 283 g/mol. The topological polar surface area (TPSA) is 76.7 Å². The monoisotopic (exact) mass is 283 g/mol. The molecule has 0 aliphatic heterocycles. The first-order chi connectivity index (χ1) is 10.2. The molecule has 0 fully saturated rings. The maximum atomic E-state index is 11.2. The second-order valence-electron chi connectivity index (χ2n) is 4.55. The van der Waals surface area contributed by atoms with Gasteiger partial charge in [0.2, 0.25) is 0 Å². The summed E-state index contributed by atoms with van der Waals surface area (Å²) in [7, 11) is 1.62. The Labute approximate surface area is 120 Å². The molecule has 0 saturated heterocycles. The molecule has 1 aromatic carbocycles. The van der Waals surface area contributed by atoms with Crippen molar-refractivity contribution in [1.82, 2.24) is 14.6 Å². The number of nitrogens with zero attached hydrogens (tertiary/aromatic N) is 3. The van der Waals surface area contributed by atoms with E-state index in [1.54, 1.807) is 19.4 Å². The largest absolute Gasteiger partial charge is 0.497 e. The fourth-order valence-electron chi connectivity index (χ4n) is 2.12. The van der Waals surface area contributed by atoms with Crippen LogP contribution in [0.3, 0.4) is 0 Å². The molecule has 21 heavy (non-hydrogen) atoms. The van der Waals surface area contributed by atoms with Crippen molar-refractivity contribution in [3.63, 3.8) is 0 Å². The number of ether oxygens (including phenoxy) is 1. The van der Waals surface area contributed by atoms with Crippen molar-refractivity contribution in [2.75, 3.05) is 7.11 Å². The Kier molecular flexibility index (Phi) is 3.27. The first-order valence-electron chi connectivity index (χ1n) is 6.38. The third kappa shape index (κ3) is 2.55. The van der Waals surface area contributed by atoms with Gasteiger partial charge in [0.1, 0.15) is 11.3 Å². The number of methoxy groups -OCH3 is 1. The fraction of sp³-hybridized carbons (Fsp3) is 0.133. The summed E-state index contributed by atoms with van der Waals surface area (Å²) >= 11 is 0. The van der Waals surface area contributed by atoms with Gasteiger partial charge in [0, 0.05) is 12.6 Å². The van der Waals surface area contributed by atoms with Crippen LogP contribution >= 0.6 is 0 Å². The van der Waals surface area contributed by atoms with Gasteiger partial charge in [-0.3, -0.25) is 0 Å². The number of carboxylic acids is 1. The fourth-order valence-corrected chi connectivity index (χ4v) is 2.12. The van der Waals surface area contributed by atoms with E-state index in [1.807, 2.05) is 24.3 Å². The molecule has 106 valence electrons. The van der Waals surface area contributed by atoms with Crippen LogP contribution < -0.4 is 4.74 Å². The van der Waals surface area contributed by atoms with Crippen molar-refractivity contribution in [1.29, 1.82) is 0 Å². The van der Waals surface area contributed by atoms with Gasteiger partial charge in [0.05, 0.1) is 7.11 Å². The minimum atomic E-state index is -1.01. The lowest BCUT2D eigenvalue weighted by atomic mass is 10.1. The molecule has 3 rings (SSSR count). The molecule has 1 N–H and O–H groups in total. The summed E-state index contributed by atoms with van der Waals surface area (Å²) in [5.74, 6) is 0.354. The van der Waals surface area contributed by atoms with E-state index >= 15 is 0 Å². The van der Waals surface area contributed by atoms with Crippen molar-refractivity contribution in [3.8, 4) is 5.75 Å². The first kappa shape index (κ1) is 13.1. The number of carboxylic acid groups (broad SMARTS) is 1. The maximum Gasteiger partial charge on any atom is 0.339 e.